The molecule has 0 aromatic heterocycles. The fourth-order valence-corrected chi connectivity index (χ4v) is 5.53. The smallest absolute Gasteiger partial charge is 0.0656 e. The van der Waals surface area contributed by atoms with E-state index in [0.717, 1.165) is 18.8 Å². The number of rotatable bonds is 3. The minimum Gasteiger partial charge on any atom is -0.390 e. The highest BCUT2D eigenvalue weighted by molar-refractivity contribution is 5.15. The van der Waals surface area contributed by atoms with Gasteiger partial charge in [-0.15, -0.1) is 0 Å². The maximum absolute atomic E-state index is 11.0. The molecule has 0 aromatic rings. The van der Waals surface area contributed by atoms with Gasteiger partial charge in [0.05, 0.1) is 5.60 Å². The van der Waals surface area contributed by atoms with E-state index in [1.807, 2.05) is 6.08 Å². The largest absolute Gasteiger partial charge is 0.390 e. The van der Waals surface area contributed by atoms with Crippen LogP contribution < -0.4 is 0 Å². The Balaban J connectivity index is 2.35. The van der Waals surface area contributed by atoms with Crippen LogP contribution in [-0.4, -0.2) is 10.7 Å². The van der Waals surface area contributed by atoms with Crippen LogP contribution in [0, 0.1) is 22.7 Å². The standard InChI is InChI=1S/C20H34O/c1-7-15(2)9-10-17-19(5)13-8-12-18(3,4)16(19)11-14-20(17,6)21/h7,9,16-17,21H,1,8,10-14H2,2-6H3/b15-9+/t16-,17+,19-,20+/m0/s1. The lowest BCUT2D eigenvalue weighted by molar-refractivity contribution is -0.165. The van der Waals surface area contributed by atoms with Gasteiger partial charge in [-0.2, -0.15) is 0 Å². The zero-order chi connectivity index (χ0) is 15.9. The van der Waals surface area contributed by atoms with Crippen LogP contribution in [0.15, 0.2) is 24.3 Å². The first-order valence-electron chi connectivity index (χ1n) is 8.65. The molecule has 4 atom stereocenters. The molecule has 120 valence electrons. The van der Waals surface area contributed by atoms with Crippen molar-refractivity contribution in [3.63, 3.8) is 0 Å². The summed E-state index contributed by atoms with van der Waals surface area (Å²) in [6.45, 7) is 15.4. The molecule has 21 heavy (non-hydrogen) atoms. The Morgan fingerprint density at radius 2 is 1.86 bits per heavy atom. The van der Waals surface area contributed by atoms with Crippen LogP contribution in [0.5, 0.6) is 0 Å². The van der Waals surface area contributed by atoms with Crippen LogP contribution in [0.4, 0.5) is 0 Å². The summed E-state index contributed by atoms with van der Waals surface area (Å²) in [6.07, 6.45) is 11.2. The van der Waals surface area contributed by atoms with Crippen molar-refractivity contribution in [3.8, 4) is 0 Å². The number of aliphatic hydroxyl groups is 1. The zero-order valence-electron chi connectivity index (χ0n) is 14.7. The Morgan fingerprint density at radius 3 is 2.48 bits per heavy atom. The van der Waals surface area contributed by atoms with Gasteiger partial charge in [0.15, 0.2) is 0 Å². The zero-order valence-corrected chi connectivity index (χ0v) is 14.7. The van der Waals surface area contributed by atoms with Gasteiger partial charge in [-0.25, -0.2) is 0 Å². The van der Waals surface area contributed by atoms with Crippen LogP contribution in [0.25, 0.3) is 0 Å². The molecule has 0 amide bonds. The average Bonchev–Trinajstić information content (AvgIpc) is 2.35. The molecule has 2 fully saturated rings. The lowest BCUT2D eigenvalue weighted by atomic mass is 9.45. The van der Waals surface area contributed by atoms with Gasteiger partial charge in [0, 0.05) is 0 Å². The van der Waals surface area contributed by atoms with E-state index in [9.17, 15) is 5.11 Å². The van der Waals surface area contributed by atoms with Crippen LogP contribution in [0.1, 0.15) is 73.1 Å². The lowest BCUT2D eigenvalue weighted by Crippen LogP contribution is -2.57. The van der Waals surface area contributed by atoms with Crippen LogP contribution >= 0.6 is 0 Å². The van der Waals surface area contributed by atoms with E-state index in [-0.39, 0.29) is 5.41 Å². The molecule has 0 radical (unpaired) electrons. The molecule has 1 N–H and O–H groups in total. The number of hydrogen-bond acceptors (Lipinski definition) is 1. The summed E-state index contributed by atoms with van der Waals surface area (Å²) < 4.78 is 0. The Kier molecular flexibility index (Phi) is 4.46. The minimum atomic E-state index is -0.531. The van der Waals surface area contributed by atoms with E-state index in [4.69, 9.17) is 0 Å². The van der Waals surface area contributed by atoms with E-state index in [1.54, 1.807) is 0 Å². The molecule has 0 spiro atoms. The third-order valence-electron chi connectivity index (χ3n) is 6.76. The Morgan fingerprint density at radius 1 is 1.19 bits per heavy atom. The molecule has 0 aromatic carbocycles. The predicted octanol–water partition coefficient (Wildman–Crippen LogP) is 5.50. The summed E-state index contributed by atoms with van der Waals surface area (Å²) in [5.41, 5.74) is 1.38. The number of hydrogen-bond donors (Lipinski definition) is 1. The molecule has 2 aliphatic carbocycles. The Bertz CT molecular complexity index is 429. The van der Waals surface area contributed by atoms with E-state index in [2.05, 4.69) is 47.3 Å². The van der Waals surface area contributed by atoms with Crippen molar-refractivity contribution in [1.29, 1.82) is 0 Å². The highest BCUT2D eigenvalue weighted by Crippen LogP contribution is 2.62. The van der Waals surface area contributed by atoms with Crippen molar-refractivity contribution in [2.24, 2.45) is 22.7 Å². The molecule has 0 bridgehead atoms. The molecular formula is C20H34O. The highest BCUT2D eigenvalue weighted by atomic mass is 16.3. The van der Waals surface area contributed by atoms with Gasteiger partial charge >= 0.3 is 0 Å². The van der Waals surface area contributed by atoms with Crippen molar-refractivity contribution in [3.05, 3.63) is 24.3 Å². The topological polar surface area (TPSA) is 20.2 Å². The summed E-state index contributed by atoms with van der Waals surface area (Å²) in [5, 5.41) is 11.0. The van der Waals surface area contributed by atoms with Crippen LogP contribution in [0.3, 0.4) is 0 Å². The second-order valence-electron chi connectivity index (χ2n) is 8.74. The summed E-state index contributed by atoms with van der Waals surface area (Å²) in [6, 6.07) is 0. The Hall–Kier alpha value is -0.560. The van der Waals surface area contributed by atoms with Crippen molar-refractivity contribution in [2.75, 3.05) is 0 Å². The van der Waals surface area contributed by atoms with Gasteiger partial charge in [-0.1, -0.05) is 51.5 Å². The average molecular weight is 290 g/mol. The SMILES string of the molecule is C=C/C(C)=C/C[C@@H]1[C@@]2(C)CCCC(C)(C)[C@@H]2CC[C@@]1(C)O. The molecule has 0 unspecified atom stereocenters. The van der Waals surface area contributed by atoms with E-state index < -0.39 is 5.60 Å². The maximum atomic E-state index is 11.0. The summed E-state index contributed by atoms with van der Waals surface area (Å²) in [4.78, 5) is 0. The summed E-state index contributed by atoms with van der Waals surface area (Å²) in [5.74, 6) is 1.10. The Labute approximate surface area is 131 Å². The normalized spacial score (nSPS) is 43.2. The number of allylic oxidation sites excluding steroid dienone is 3. The van der Waals surface area contributed by atoms with Gasteiger partial charge < -0.3 is 5.11 Å². The molecule has 2 aliphatic rings. The lowest BCUT2D eigenvalue weighted by Gasteiger charge is -2.61. The van der Waals surface area contributed by atoms with E-state index in [1.165, 1.54) is 31.3 Å². The summed E-state index contributed by atoms with van der Waals surface area (Å²) >= 11 is 0. The monoisotopic (exact) mass is 290 g/mol. The third-order valence-corrected chi connectivity index (χ3v) is 6.76. The fourth-order valence-electron chi connectivity index (χ4n) is 5.53. The first-order valence-corrected chi connectivity index (χ1v) is 8.65. The van der Waals surface area contributed by atoms with Gasteiger partial charge in [-0.3, -0.25) is 0 Å². The summed E-state index contributed by atoms with van der Waals surface area (Å²) in [7, 11) is 0. The van der Waals surface area contributed by atoms with Gasteiger partial charge in [0.2, 0.25) is 0 Å². The first-order chi connectivity index (χ1) is 9.63. The third kappa shape index (κ3) is 2.99. The molecule has 0 saturated heterocycles. The van der Waals surface area contributed by atoms with Crippen LogP contribution in [0.2, 0.25) is 0 Å². The molecule has 2 rings (SSSR count). The van der Waals surface area contributed by atoms with Crippen molar-refractivity contribution >= 4 is 0 Å². The molecule has 1 nitrogen and oxygen atoms in total. The second kappa shape index (κ2) is 5.57. The number of fused-ring (bicyclic) bond motifs is 1. The van der Waals surface area contributed by atoms with E-state index in [0.29, 0.717) is 11.3 Å². The molecule has 1 heteroatoms. The second-order valence-corrected chi connectivity index (χ2v) is 8.74. The highest BCUT2D eigenvalue weighted by Gasteiger charge is 2.57. The molecule has 0 aliphatic heterocycles. The quantitative estimate of drug-likeness (QED) is 0.680. The molecule has 0 heterocycles. The molecular weight excluding hydrogens is 256 g/mol. The maximum Gasteiger partial charge on any atom is 0.0656 e. The predicted molar refractivity (Wildman–Crippen MR) is 91.1 cm³/mol. The van der Waals surface area contributed by atoms with Crippen molar-refractivity contribution in [2.45, 2.75) is 78.7 Å². The molecule has 2 saturated carbocycles. The van der Waals surface area contributed by atoms with Gasteiger partial charge in [0.25, 0.3) is 0 Å². The fraction of sp³-hybridized carbons (Fsp3) is 0.800. The van der Waals surface area contributed by atoms with Gasteiger partial charge in [0.1, 0.15) is 0 Å². The van der Waals surface area contributed by atoms with Crippen LogP contribution in [-0.2, 0) is 0 Å². The minimum absolute atomic E-state index is 0.265. The van der Waals surface area contributed by atoms with Crippen molar-refractivity contribution < 1.29 is 5.11 Å². The van der Waals surface area contributed by atoms with E-state index >= 15 is 0 Å². The van der Waals surface area contributed by atoms with Crippen molar-refractivity contribution in [1.82, 2.24) is 0 Å². The first kappa shape index (κ1) is 16.8. The van der Waals surface area contributed by atoms with Gasteiger partial charge in [-0.05, 0) is 68.6 Å².